The fraction of sp³-hybridized carbons (Fsp3) is 0.600. The molecule has 1 amide bonds. The van der Waals surface area contributed by atoms with Gasteiger partial charge in [-0.15, -0.1) is 0 Å². The van der Waals surface area contributed by atoms with Gasteiger partial charge in [0, 0.05) is 38.1 Å². The fourth-order valence-electron chi connectivity index (χ4n) is 2.41. The normalized spacial score (nSPS) is 16.2. The minimum Gasteiger partial charge on any atom is -0.396 e. The van der Waals surface area contributed by atoms with Crippen LogP contribution in [-0.4, -0.2) is 47.1 Å². The van der Waals surface area contributed by atoms with Crippen LogP contribution >= 0.6 is 0 Å². The molecule has 5 heteroatoms. The molecular formula is C15H23N3O2. The van der Waals surface area contributed by atoms with E-state index in [1.807, 2.05) is 17.0 Å². The molecule has 2 N–H and O–H groups in total. The highest BCUT2D eigenvalue weighted by molar-refractivity contribution is 5.93. The first kappa shape index (κ1) is 14.8. The maximum atomic E-state index is 12.4. The molecule has 1 aliphatic heterocycles. The molecule has 0 saturated carbocycles. The predicted molar refractivity (Wildman–Crippen MR) is 78.7 cm³/mol. The van der Waals surface area contributed by atoms with Crippen LogP contribution in [0.3, 0.4) is 0 Å². The van der Waals surface area contributed by atoms with Crippen molar-refractivity contribution >= 4 is 11.6 Å². The predicted octanol–water partition coefficient (Wildman–Crippen LogP) is 1.75. The zero-order valence-electron chi connectivity index (χ0n) is 12.0. The van der Waals surface area contributed by atoms with Crippen LogP contribution < -0.4 is 5.32 Å². The number of aromatic nitrogens is 1. The van der Waals surface area contributed by atoms with E-state index in [2.05, 4.69) is 17.2 Å². The summed E-state index contributed by atoms with van der Waals surface area (Å²) in [7, 11) is 0. The fourth-order valence-corrected chi connectivity index (χ4v) is 2.41. The van der Waals surface area contributed by atoms with Crippen molar-refractivity contribution in [2.75, 3.05) is 31.6 Å². The van der Waals surface area contributed by atoms with Crippen molar-refractivity contribution in [1.82, 2.24) is 9.88 Å². The molecule has 1 aromatic heterocycles. The van der Waals surface area contributed by atoms with E-state index in [1.54, 1.807) is 6.20 Å². The largest absolute Gasteiger partial charge is 0.396 e. The first-order valence-corrected chi connectivity index (χ1v) is 7.34. The number of nitrogens with one attached hydrogen (secondary N) is 1. The van der Waals surface area contributed by atoms with Crippen molar-refractivity contribution < 1.29 is 9.90 Å². The number of carbonyl (C=O) groups excluding carboxylic acids is 1. The zero-order valence-corrected chi connectivity index (χ0v) is 12.0. The molecule has 1 aromatic rings. The number of hydrogen-bond donors (Lipinski definition) is 2. The summed E-state index contributed by atoms with van der Waals surface area (Å²) in [5.74, 6) is 0.325. The lowest BCUT2D eigenvalue weighted by atomic mass is 9.98. The van der Waals surface area contributed by atoms with Gasteiger partial charge in [-0.1, -0.05) is 6.92 Å². The highest BCUT2D eigenvalue weighted by Gasteiger charge is 2.23. The van der Waals surface area contributed by atoms with Crippen molar-refractivity contribution in [2.45, 2.75) is 26.2 Å². The number of likely N-dealkylation sites (tertiary alicyclic amines) is 1. The first-order valence-electron chi connectivity index (χ1n) is 7.34. The highest BCUT2D eigenvalue weighted by Crippen LogP contribution is 2.18. The maximum Gasteiger partial charge on any atom is 0.272 e. The second-order valence-electron chi connectivity index (χ2n) is 5.27. The Labute approximate surface area is 120 Å². The number of rotatable bonds is 5. The Hall–Kier alpha value is -1.62. The van der Waals surface area contributed by atoms with Crippen molar-refractivity contribution in [3.63, 3.8) is 0 Å². The van der Waals surface area contributed by atoms with Gasteiger partial charge in [0.2, 0.25) is 0 Å². The molecule has 2 rings (SSSR count). The van der Waals surface area contributed by atoms with E-state index in [0.29, 0.717) is 24.7 Å². The highest BCUT2D eigenvalue weighted by atomic mass is 16.3. The summed E-state index contributed by atoms with van der Waals surface area (Å²) >= 11 is 0. The van der Waals surface area contributed by atoms with Crippen molar-refractivity contribution in [3.05, 3.63) is 24.0 Å². The summed E-state index contributed by atoms with van der Waals surface area (Å²) in [6.07, 6.45) is 4.46. The number of piperidine rings is 1. The van der Waals surface area contributed by atoms with Crippen LogP contribution in [0.5, 0.6) is 0 Å². The number of anilines is 1. The van der Waals surface area contributed by atoms with Crippen LogP contribution in [0.25, 0.3) is 0 Å². The Morgan fingerprint density at radius 3 is 2.90 bits per heavy atom. The summed E-state index contributed by atoms with van der Waals surface area (Å²) in [6.45, 7) is 4.62. The number of carbonyl (C=O) groups is 1. The number of hydrogen-bond acceptors (Lipinski definition) is 4. The van der Waals surface area contributed by atoms with Gasteiger partial charge in [-0.25, -0.2) is 0 Å². The molecule has 110 valence electrons. The number of aliphatic hydroxyl groups is 1. The van der Waals surface area contributed by atoms with Crippen LogP contribution in [-0.2, 0) is 0 Å². The minimum absolute atomic E-state index is 0.0125. The Balaban J connectivity index is 1.98. The van der Waals surface area contributed by atoms with Crippen molar-refractivity contribution in [3.8, 4) is 0 Å². The number of nitrogens with zero attached hydrogens (tertiary/aromatic N) is 2. The lowest BCUT2D eigenvalue weighted by Crippen LogP contribution is -2.39. The number of amides is 1. The average Bonchev–Trinajstić information content (AvgIpc) is 2.52. The van der Waals surface area contributed by atoms with E-state index in [0.717, 1.165) is 31.5 Å². The van der Waals surface area contributed by atoms with Gasteiger partial charge in [0.15, 0.2) is 0 Å². The van der Waals surface area contributed by atoms with E-state index in [9.17, 15) is 4.79 Å². The third-order valence-corrected chi connectivity index (χ3v) is 3.72. The van der Waals surface area contributed by atoms with Crippen LogP contribution in [0.4, 0.5) is 5.69 Å². The molecule has 0 unspecified atom stereocenters. The first-order chi connectivity index (χ1) is 9.74. The van der Waals surface area contributed by atoms with Gasteiger partial charge < -0.3 is 15.3 Å². The average molecular weight is 277 g/mol. The standard InChI is InChI=1S/C15H23N3O2/c1-2-6-16-13-3-7-17-14(10-13)15(20)18-8-4-12(11-19)5-9-18/h3,7,10,12,19H,2,4-6,8-9,11H2,1H3,(H,16,17). The third-order valence-electron chi connectivity index (χ3n) is 3.72. The molecule has 20 heavy (non-hydrogen) atoms. The Kier molecular flexibility index (Phi) is 5.35. The second-order valence-corrected chi connectivity index (χ2v) is 5.27. The Morgan fingerprint density at radius 1 is 1.50 bits per heavy atom. The van der Waals surface area contributed by atoms with E-state index in [-0.39, 0.29) is 12.5 Å². The zero-order chi connectivity index (χ0) is 14.4. The van der Waals surface area contributed by atoms with Crippen LogP contribution in [0, 0.1) is 5.92 Å². The van der Waals surface area contributed by atoms with Crippen LogP contribution in [0.1, 0.15) is 36.7 Å². The minimum atomic E-state index is -0.0125. The van der Waals surface area contributed by atoms with E-state index < -0.39 is 0 Å². The van der Waals surface area contributed by atoms with Gasteiger partial charge in [-0.2, -0.15) is 0 Å². The van der Waals surface area contributed by atoms with Crippen LogP contribution in [0.2, 0.25) is 0 Å². The maximum absolute atomic E-state index is 12.4. The van der Waals surface area contributed by atoms with Crippen molar-refractivity contribution in [2.24, 2.45) is 5.92 Å². The molecule has 0 atom stereocenters. The van der Waals surface area contributed by atoms with Crippen LogP contribution in [0.15, 0.2) is 18.3 Å². The molecule has 1 aliphatic rings. The Bertz CT molecular complexity index is 442. The van der Waals surface area contributed by atoms with Crippen molar-refractivity contribution in [1.29, 1.82) is 0 Å². The van der Waals surface area contributed by atoms with Gasteiger partial charge in [0.25, 0.3) is 5.91 Å². The summed E-state index contributed by atoms with van der Waals surface area (Å²) in [6, 6.07) is 3.70. The van der Waals surface area contributed by atoms with E-state index in [1.165, 1.54) is 0 Å². The molecule has 2 heterocycles. The van der Waals surface area contributed by atoms with Gasteiger partial charge in [0.05, 0.1) is 0 Å². The molecule has 1 fully saturated rings. The molecular weight excluding hydrogens is 254 g/mol. The third kappa shape index (κ3) is 3.70. The molecule has 0 aromatic carbocycles. The lowest BCUT2D eigenvalue weighted by molar-refractivity contribution is 0.0645. The lowest BCUT2D eigenvalue weighted by Gasteiger charge is -2.30. The van der Waals surface area contributed by atoms with Gasteiger partial charge in [-0.05, 0) is 37.3 Å². The molecule has 1 saturated heterocycles. The van der Waals surface area contributed by atoms with Gasteiger partial charge in [0.1, 0.15) is 5.69 Å². The number of aliphatic hydroxyl groups excluding tert-OH is 1. The van der Waals surface area contributed by atoms with Gasteiger partial charge >= 0.3 is 0 Å². The van der Waals surface area contributed by atoms with Gasteiger partial charge in [-0.3, -0.25) is 9.78 Å². The SMILES string of the molecule is CCCNc1ccnc(C(=O)N2CCC(CO)CC2)c1. The Morgan fingerprint density at radius 2 is 2.25 bits per heavy atom. The second kappa shape index (κ2) is 7.24. The molecule has 0 spiro atoms. The topological polar surface area (TPSA) is 65.5 Å². The summed E-state index contributed by atoms with van der Waals surface area (Å²) in [5, 5.41) is 12.4. The summed E-state index contributed by atoms with van der Waals surface area (Å²) in [5.41, 5.74) is 1.43. The van der Waals surface area contributed by atoms with E-state index in [4.69, 9.17) is 5.11 Å². The van der Waals surface area contributed by atoms with E-state index >= 15 is 0 Å². The monoisotopic (exact) mass is 277 g/mol. The summed E-state index contributed by atoms with van der Waals surface area (Å²) in [4.78, 5) is 18.4. The summed E-state index contributed by atoms with van der Waals surface area (Å²) < 4.78 is 0. The molecule has 5 nitrogen and oxygen atoms in total. The quantitative estimate of drug-likeness (QED) is 0.860. The molecule has 0 bridgehead atoms. The molecule has 0 aliphatic carbocycles. The smallest absolute Gasteiger partial charge is 0.272 e. The molecule has 0 radical (unpaired) electrons. The number of pyridine rings is 1.